The molecule has 0 aromatic heterocycles. The standard InChI is InChI=1S/C22H22ClFN4O2/c1-14-3-2-4-15(11-14)20-21(30)27-22(26-20)7-9-28(10-8-22)13-19(29)25-16-5-6-18(24)17(23)12-16/h2-6,11-12H,7-10,13H2,1H3,(H,25,29)(H,27,30). The molecule has 2 amide bonds. The molecule has 6 nitrogen and oxygen atoms in total. The third-order valence-electron chi connectivity index (χ3n) is 5.43. The highest BCUT2D eigenvalue weighted by atomic mass is 35.5. The van der Waals surface area contributed by atoms with Gasteiger partial charge in [0.15, 0.2) is 0 Å². The van der Waals surface area contributed by atoms with Crippen molar-refractivity contribution in [1.82, 2.24) is 10.2 Å². The van der Waals surface area contributed by atoms with Crippen LogP contribution in [0, 0.1) is 12.7 Å². The molecule has 2 aromatic rings. The lowest BCUT2D eigenvalue weighted by Crippen LogP contribution is -2.52. The minimum atomic E-state index is -0.604. The first-order chi connectivity index (χ1) is 14.3. The van der Waals surface area contributed by atoms with E-state index < -0.39 is 11.5 Å². The van der Waals surface area contributed by atoms with Gasteiger partial charge in [0.1, 0.15) is 17.2 Å². The second-order valence-electron chi connectivity index (χ2n) is 7.77. The van der Waals surface area contributed by atoms with Gasteiger partial charge in [0, 0.05) is 37.2 Å². The largest absolute Gasteiger partial charge is 0.326 e. The lowest BCUT2D eigenvalue weighted by atomic mass is 9.98. The third kappa shape index (κ3) is 4.37. The number of hydrogen-bond acceptors (Lipinski definition) is 4. The molecule has 2 aliphatic rings. The van der Waals surface area contributed by atoms with Crippen LogP contribution in [0.4, 0.5) is 10.1 Å². The SMILES string of the molecule is Cc1cccc(C2=NC3(CCN(CC(=O)Nc4ccc(F)c(Cl)c4)CC3)NC2=O)c1. The Morgan fingerprint density at radius 1 is 1.27 bits per heavy atom. The van der Waals surface area contributed by atoms with Crippen LogP contribution in [-0.2, 0) is 9.59 Å². The molecule has 156 valence electrons. The Hall–Kier alpha value is -2.77. The number of likely N-dealkylation sites (tertiary alicyclic amines) is 1. The summed E-state index contributed by atoms with van der Waals surface area (Å²) in [6, 6.07) is 11.8. The van der Waals surface area contributed by atoms with Crippen LogP contribution >= 0.6 is 11.6 Å². The zero-order valence-electron chi connectivity index (χ0n) is 16.5. The van der Waals surface area contributed by atoms with Gasteiger partial charge in [0.25, 0.3) is 5.91 Å². The first-order valence-electron chi connectivity index (χ1n) is 9.80. The number of hydrogen-bond donors (Lipinski definition) is 2. The van der Waals surface area contributed by atoms with Crippen molar-refractivity contribution in [1.29, 1.82) is 0 Å². The number of piperidine rings is 1. The summed E-state index contributed by atoms with van der Waals surface area (Å²) in [5, 5.41) is 5.74. The van der Waals surface area contributed by atoms with Crippen LogP contribution in [-0.4, -0.2) is 47.7 Å². The fraction of sp³-hybridized carbons (Fsp3) is 0.318. The summed E-state index contributed by atoms with van der Waals surface area (Å²) in [6.45, 7) is 3.44. The molecule has 2 N–H and O–H groups in total. The molecule has 1 spiro atoms. The molecular formula is C22H22ClFN4O2. The number of carbonyl (C=O) groups is 2. The minimum absolute atomic E-state index is 0.0352. The van der Waals surface area contributed by atoms with E-state index in [1.807, 2.05) is 36.1 Å². The number of rotatable bonds is 4. The number of anilines is 1. The summed E-state index contributed by atoms with van der Waals surface area (Å²) in [4.78, 5) is 31.6. The van der Waals surface area contributed by atoms with Gasteiger partial charge in [0.2, 0.25) is 5.91 Å². The lowest BCUT2D eigenvalue weighted by Gasteiger charge is -2.36. The Kier molecular flexibility index (Phi) is 5.58. The first kappa shape index (κ1) is 20.5. The first-order valence-corrected chi connectivity index (χ1v) is 10.2. The monoisotopic (exact) mass is 428 g/mol. The second-order valence-corrected chi connectivity index (χ2v) is 8.18. The van der Waals surface area contributed by atoms with E-state index in [-0.39, 0.29) is 23.4 Å². The van der Waals surface area contributed by atoms with Crippen molar-refractivity contribution in [3.63, 3.8) is 0 Å². The number of amides is 2. The zero-order valence-corrected chi connectivity index (χ0v) is 17.3. The topological polar surface area (TPSA) is 73.8 Å². The predicted molar refractivity (Wildman–Crippen MR) is 114 cm³/mol. The maximum Gasteiger partial charge on any atom is 0.272 e. The number of nitrogens with one attached hydrogen (secondary N) is 2. The van der Waals surface area contributed by atoms with E-state index in [9.17, 15) is 14.0 Å². The summed E-state index contributed by atoms with van der Waals surface area (Å²) in [6.07, 6.45) is 1.26. The van der Waals surface area contributed by atoms with Crippen molar-refractivity contribution < 1.29 is 14.0 Å². The molecule has 4 rings (SSSR count). The van der Waals surface area contributed by atoms with Gasteiger partial charge < -0.3 is 10.6 Å². The summed E-state index contributed by atoms with van der Waals surface area (Å²) in [7, 11) is 0. The average Bonchev–Trinajstić information content (AvgIpc) is 3.03. The van der Waals surface area contributed by atoms with Gasteiger partial charge >= 0.3 is 0 Å². The Labute approximate surface area is 179 Å². The summed E-state index contributed by atoms with van der Waals surface area (Å²) >= 11 is 5.75. The van der Waals surface area contributed by atoms with Gasteiger partial charge in [0.05, 0.1) is 11.6 Å². The fourth-order valence-corrected chi connectivity index (χ4v) is 4.03. The Balaban J connectivity index is 1.36. The lowest BCUT2D eigenvalue weighted by molar-refractivity contribution is -0.119. The minimum Gasteiger partial charge on any atom is -0.326 e. The Bertz CT molecular complexity index is 1030. The van der Waals surface area contributed by atoms with Crippen LogP contribution in [0.5, 0.6) is 0 Å². The van der Waals surface area contributed by atoms with E-state index >= 15 is 0 Å². The van der Waals surface area contributed by atoms with Gasteiger partial charge in [-0.25, -0.2) is 4.39 Å². The molecule has 0 bridgehead atoms. The molecule has 0 saturated carbocycles. The number of nitrogens with zero attached hydrogens (tertiary/aromatic N) is 2. The van der Waals surface area contributed by atoms with Crippen molar-refractivity contribution in [3.8, 4) is 0 Å². The molecule has 2 aromatic carbocycles. The van der Waals surface area contributed by atoms with Gasteiger partial charge in [-0.2, -0.15) is 0 Å². The third-order valence-corrected chi connectivity index (χ3v) is 5.72. The molecular weight excluding hydrogens is 407 g/mol. The number of aryl methyl sites for hydroxylation is 1. The highest BCUT2D eigenvalue weighted by Gasteiger charge is 2.42. The smallest absolute Gasteiger partial charge is 0.272 e. The number of aliphatic imine (C=N–C) groups is 1. The molecule has 2 heterocycles. The number of carbonyl (C=O) groups excluding carboxylic acids is 2. The normalized spacial score (nSPS) is 18.2. The van der Waals surface area contributed by atoms with Crippen LogP contribution < -0.4 is 10.6 Å². The summed E-state index contributed by atoms with van der Waals surface area (Å²) in [5.74, 6) is -0.881. The Morgan fingerprint density at radius 3 is 2.73 bits per heavy atom. The molecule has 8 heteroatoms. The van der Waals surface area contributed by atoms with Gasteiger partial charge in [-0.1, -0.05) is 35.4 Å². The molecule has 30 heavy (non-hydrogen) atoms. The maximum atomic E-state index is 13.2. The highest BCUT2D eigenvalue weighted by molar-refractivity contribution is 6.46. The maximum absolute atomic E-state index is 13.2. The Morgan fingerprint density at radius 2 is 2.03 bits per heavy atom. The quantitative estimate of drug-likeness (QED) is 0.785. The van der Waals surface area contributed by atoms with Crippen molar-refractivity contribution in [2.45, 2.75) is 25.4 Å². The molecule has 0 aliphatic carbocycles. The average molecular weight is 429 g/mol. The van der Waals surface area contributed by atoms with Crippen molar-refractivity contribution in [2.24, 2.45) is 4.99 Å². The van der Waals surface area contributed by atoms with E-state index in [0.717, 1.165) is 11.1 Å². The highest BCUT2D eigenvalue weighted by Crippen LogP contribution is 2.29. The fourth-order valence-electron chi connectivity index (χ4n) is 3.85. The van der Waals surface area contributed by atoms with E-state index in [1.165, 1.54) is 18.2 Å². The van der Waals surface area contributed by atoms with Crippen LogP contribution in [0.2, 0.25) is 5.02 Å². The van der Waals surface area contributed by atoms with E-state index in [2.05, 4.69) is 10.6 Å². The van der Waals surface area contributed by atoms with Gasteiger partial charge in [-0.3, -0.25) is 19.5 Å². The van der Waals surface area contributed by atoms with E-state index in [1.54, 1.807) is 0 Å². The molecule has 0 unspecified atom stereocenters. The number of benzene rings is 2. The molecule has 1 saturated heterocycles. The van der Waals surface area contributed by atoms with Crippen LogP contribution in [0.15, 0.2) is 47.5 Å². The number of halogens is 2. The molecule has 0 radical (unpaired) electrons. The van der Waals surface area contributed by atoms with Crippen molar-refractivity contribution >= 4 is 34.8 Å². The predicted octanol–water partition coefficient (Wildman–Crippen LogP) is 3.14. The molecule has 0 atom stereocenters. The van der Waals surface area contributed by atoms with E-state index in [4.69, 9.17) is 16.6 Å². The summed E-state index contributed by atoms with van der Waals surface area (Å²) < 4.78 is 13.2. The summed E-state index contributed by atoms with van der Waals surface area (Å²) in [5.41, 5.74) is 2.22. The second kappa shape index (κ2) is 8.16. The van der Waals surface area contributed by atoms with Gasteiger partial charge in [-0.15, -0.1) is 0 Å². The van der Waals surface area contributed by atoms with Crippen molar-refractivity contribution in [3.05, 3.63) is 64.4 Å². The van der Waals surface area contributed by atoms with Gasteiger partial charge in [-0.05, 0) is 31.2 Å². The van der Waals surface area contributed by atoms with Crippen molar-refractivity contribution in [2.75, 3.05) is 25.0 Å². The zero-order chi connectivity index (χ0) is 21.3. The molecule has 2 aliphatic heterocycles. The van der Waals surface area contributed by atoms with Crippen LogP contribution in [0.1, 0.15) is 24.0 Å². The van der Waals surface area contributed by atoms with E-state index in [0.29, 0.717) is 37.3 Å². The van der Waals surface area contributed by atoms with Crippen LogP contribution in [0.3, 0.4) is 0 Å². The molecule has 1 fully saturated rings. The van der Waals surface area contributed by atoms with Crippen LogP contribution in [0.25, 0.3) is 0 Å².